The maximum absolute atomic E-state index is 10.5. The van der Waals surface area contributed by atoms with Gasteiger partial charge in [-0.05, 0) is 70.8 Å². The quantitative estimate of drug-likeness (QED) is 0.0685. The van der Waals surface area contributed by atoms with E-state index in [0.717, 1.165) is 11.1 Å². The summed E-state index contributed by atoms with van der Waals surface area (Å²) in [5.41, 5.74) is 3.12. The van der Waals surface area contributed by atoms with Crippen molar-refractivity contribution < 1.29 is 47.3 Å². The van der Waals surface area contributed by atoms with Crippen LogP contribution in [0.1, 0.15) is 22.3 Å². The zero-order chi connectivity index (χ0) is 27.7. The van der Waals surface area contributed by atoms with E-state index in [1.165, 1.54) is 48.5 Å². The van der Waals surface area contributed by atoms with Gasteiger partial charge < -0.3 is 20.4 Å². The molecule has 199 valence electrons. The molecule has 0 saturated carbocycles. The molecule has 4 aromatic carbocycles. The molecule has 0 aliphatic rings. The van der Waals surface area contributed by atoms with E-state index in [1.807, 2.05) is 0 Å². The first kappa shape index (κ1) is 30.1. The van der Waals surface area contributed by atoms with E-state index < -0.39 is 9.85 Å². The van der Waals surface area contributed by atoms with Crippen molar-refractivity contribution >= 4 is 35.7 Å². The van der Waals surface area contributed by atoms with E-state index in [1.54, 1.807) is 60.7 Å². The van der Waals surface area contributed by atoms with Gasteiger partial charge in [0.2, 0.25) is 0 Å². The first-order valence-electron chi connectivity index (χ1n) is 11.0. The Morgan fingerprint density at radius 1 is 0.462 bits per heavy atom. The van der Waals surface area contributed by atoms with E-state index >= 15 is 0 Å². The van der Waals surface area contributed by atoms with Crippen LogP contribution in [-0.2, 0) is 17.1 Å². The Morgan fingerprint density at radius 2 is 0.744 bits per heavy atom. The van der Waals surface area contributed by atoms with Crippen LogP contribution in [0.4, 0.5) is 11.4 Å². The molecule has 0 atom stereocenters. The molecule has 0 bridgehead atoms. The third-order valence-electron chi connectivity index (χ3n) is 5.14. The van der Waals surface area contributed by atoms with Crippen LogP contribution >= 0.6 is 0 Å². The number of non-ortho nitro benzene ring substituents is 2. The summed E-state index contributed by atoms with van der Waals surface area (Å²) in [5.74, 6) is -0.725. The van der Waals surface area contributed by atoms with Crippen LogP contribution in [0.15, 0.2) is 84.9 Å². The van der Waals surface area contributed by atoms with E-state index in [2.05, 4.69) is 0 Å². The minimum Gasteiger partial charge on any atom is -0.504 e. The Balaban J connectivity index is 0.000000267. The Bertz CT molecular complexity index is 1390. The van der Waals surface area contributed by atoms with Crippen molar-refractivity contribution in [3.63, 3.8) is 0 Å². The molecule has 0 unspecified atom stereocenters. The standard InChI is InChI=1S/2C14H11NO4.Mn/c2*16-13-8-5-11(9-14(13)17)2-1-10-3-6-12(7-4-10)15(18)19;/h2*1-9,16-17H;/b2*2-1+;. The number of nitro groups is 2. The van der Waals surface area contributed by atoms with Crippen LogP contribution in [0.25, 0.3) is 24.3 Å². The average molecular weight is 569 g/mol. The molecule has 4 aromatic rings. The molecular weight excluding hydrogens is 547 g/mol. The first-order chi connectivity index (χ1) is 18.1. The molecule has 1 radical (unpaired) electrons. The summed E-state index contributed by atoms with van der Waals surface area (Å²) in [6.45, 7) is 0. The van der Waals surface area contributed by atoms with Gasteiger partial charge in [-0.1, -0.05) is 36.4 Å². The third kappa shape index (κ3) is 9.04. The molecule has 0 fully saturated rings. The first-order valence-corrected chi connectivity index (χ1v) is 11.0. The molecule has 4 N–H and O–H groups in total. The SMILES string of the molecule is O=[N+]([O-])c1ccc(/C=C/c2ccc(O)c(O)c2)cc1.O=[N+]([O-])c1ccc(/C=C/c2ccc(O)c(O)c2)cc1.[Mn]. The van der Waals surface area contributed by atoms with Crippen LogP contribution in [0.5, 0.6) is 23.0 Å². The predicted molar refractivity (Wildman–Crippen MR) is 144 cm³/mol. The van der Waals surface area contributed by atoms with Gasteiger partial charge in [0.15, 0.2) is 23.0 Å². The van der Waals surface area contributed by atoms with Crippen molar-refractivity contribution in [1.29, 1.82) is 0 Å². The van der Waals surface area contributed by atoms with Crippen molar-refractivity contribution in [1.82, 2.24) is 0 Å². The fourth-order valence-electron chi connectivity index (χ4n) is 3.09. The smallest absolute Gasteiger partial charge is 0.269 e. The molecule has 0 aliphatic carbocycles. The van der Waals surface area contributed by atoms with E-state index in [0.29, 0.717) is 11.1 Å². The number of rotatable bonds is 6. The number of benzene rings is 4. The summed E-state index contributed by atoms with van der Waals surface area (Å²) < 4.78 is 0. The molecule has 10 nitrogen and oxygen atoms in total. The summed E-state index contributed by atoms with van der Waals surface area (Å²) in [5, 5.41) is 58.0. The Hall–Kier alpha value is -5.12. The van der Waals surface area contributed by atoms with Crippen molar-refractivity contribution in [2.75, 3.05) is 0 Å². The molecule has 0 amide bonds. The average Bonchev–Trinajstić information content (AvgIpc) is 2.91. The predicted octanol–water partition coefficient (Wildman–Crippen LogP) is 6.35. The topological polar surface area (TPSA) is 167 Å². The fourth-order valence-corrected chi connectivity index (χ4v) is 3.09. The summed E-state index contributed by atoms with van der Waals surface area (Å²) in [6.07, 6.45) is 6.99. The molecule has 0 aliphatic heterocycles. The summed E-state index contributed by atoms with van der Waals surface area (Å²) in [7, 11) is 0. The molecule has 0 spiro atoms. The van der Waals surface area contributed by atoms with Crippen LogP contribution in [0.2, 0.25) is 0 Å². The second kappa shape index (κ2) is 14.0. The summed E-state index contributed by atoms with van der Waals surface area (Å²) >= 11 is 0. The van der Waals surface area contributed by atoms with Gasteiger partial charge in [-0.15, -0.1) is 0 Å². The number of nitrogens with zero attached hydrogens (tertiary/aromatic N) is 2. The number of aromatic hydroxyl groups is 4. The fraction of sp³-hybridized carbons (Fsp3) is 0. The normalized spacial score (nSPS) is 10.5. The van der Waals surface area contributed by atoms with Crippen molar-refractivity contribution in [2.45, 2.75) is 0 Å². The van der Waals surface area contributed by atoms with Crippen LogP contribution in [0, 0.1) is 20.2 Å². The van der Waals surface area contributed by atoms with Gasteiger partial charge in [-0.2, -0.15) is 0 Å². The van der Waals surface area contributed by atoms with Gasteiger partial charge in [0.25, 0.3) is 11.4 Å². The van der Waals surface area contributed by atoms with Gasteiger partial charge in [0.05, 0.1) is 9.85 Å². The van der Waals surface area contributed by atoms with Crippen LogP contribution in [-0.4, -0.2) is 30.3 Å². The maximum atomic E-state index is 10.5. The zero-order valence-electron chi connectivity index (χ0n) is 20.1. The monoisotopic (exact) mass is 569 g/mol. The second-order valence-electron chi connectivity index (χ2n) is 7.86. The van der Waals surface area contributed by atoms with Gasteiger partial charge in [0.1, 0.15) is 0 Å². The van der Waals surface area contributed by atoms with E-state index in [9.17, 15) is 40.7 Å². The van der Waals surface area contributed by atoms with Gasteiger partial charge in [-0.3, -0.25) is 20.2 Å². The number of nitro benzene ring substituents is 2. The summed E-state index contributed by atoms with van der Waals surface area (Å²) in [6, 6.07) is 21.2. The van der Waals surface area contributed by atoms with E-state index in [-0.39, 0.29) is 51.4 Å². The minimum atomic E-state index is -0.453. The van der Waals surface area contributed by atoms with Crippen molar-refractivity contribution in [3.8, 4) is 23.0 Å². The Kier molecular flexibility index (Phi) is 10.8. The molecule has 4 rings (SSSR count). The second-order valence-corrected chi connectivity index (χ2v) is 7.86. The van der Waals surface area contributed by atoms with Gasteiger partial charge in [0, 0.05) is 41.3 Å². The van der Waals surface area contributed by atoms with Gasteiger partial charge >= 0.3 is 0 Å². The van der Waals surface area contributed by atoms with Crippen LogP contribution < -0.4 is 0 Å². The van der Waals surface area contributed by atoms with Crippen molar-refractivity contribution in [3.05, 3.63) is 127 Å². The maximum Gasteiger partial charge on any atom is 0.269 e. The Labute approximate surface area is 233 Å². The molecule has 0 saturated heterocycles. The van der Waals surface area contributed by atoms with E-state index in [4.69, 9.17) is 0 Å². The Morgan fingerprint density at radius 3 is 1.03 bits per heavy atom. The number of hydrogen-bond acceptors (Lipinski definition) is 8. The molecule has 0 heterocycles. The number of phenols is 4. The van der Waals surface area contributed by atoms with Crippen molar-refractivity contribution in [2.24, 2.45) is 0 Å². The third-order valence-corrected chi connectivity index (χ3v) is 5.14. The van der Waals surface area contributed by atoms with Crippen LogP contribution in [0.3, 0.4) is 0 Å². The molecular formula is C28H22MnN2O8. The number of phenolic OH excluding ortho intramolecular Hbond substituents is 4. The molecule has 11 heteroatoms. The molecule has 0 aromatic heterocycles. The van der Waals surface area contributed by atoms with Gasteiger partial charge in [-0.25, -0.2) is 0 Å². The number of hydrogen-bond donors (Lipinski definition) is 4. The largest absolute Gasteiger partial charge is 0.504 e. The zero-order valence-corrected chi connectivity index (χ0v) is 21.3. The summed E-state index contributed by atoms with van der Waals surface area (Å²) in [4.78, 5) is 20.1. The molecule has 39 heavy (non-hydrogen) atoms. The minimum absolute atomic E-state index is 0.